The number of halogens is 3. The molecule has 0 unspecified atom stereocenters. The molecule has 0 aliphatic rings. The van der Waals surface area contributed by atoms with Crippen molar-refractivity contribution in [3.05, 3.63) is 83.4 Å². The third-order valence-electron chi connectivity index (χ3n) is 4.61. The second-order valence-corrected chi connectivity index (χ2v) is 6.83. The lowest BCUT2D eigenvalue weighted by atomic mass is 10.2. The first-order valence-electron chi connectivity index (χ1n) is 9.26. The van der Waals surface area contributed by atoms with Crippen LogP contribution in [-0.2, 0) is 6.18 Å². The number of aryl methyl sites for hydroxylation is 1. The highest BCUT2D eigenvalue weighted by atomic mass is 19.4. The van der Waals surface area contributed by atoms with Crippen molar-refractivity contribution in [3.63, 3.8) is 0 Å². The zero-order valence-corrected chi connectivity index (χ0v) is 16.6. The van der Waals surface area contributed by atoms with Crippen LogP contribution in [0.15, 0.2) is 60.9 Å². The highest BCUT2D eigenvalue weighted by molar-refractivity contribution is 6.04. The molecule has 0 fully saturated rings. The molecule has 0 saturated heterocycles. The minimum absolute atomic E-state index is 0.180. The summed E-state index contributed by atoms with van der Waals surface area (Å²) in [4.78, 5) is 17.1. The molecule has 3 heterocycles. The van der Waals surface area contributed by atoms with Crippen molar-refractivity contribution in [2.75, 3.05) is 5.32 Å². The zero-order chi connectivity index (χ0) is 22.2. The second kappa shape index (κ2) is 7.71. The highest BCUT2D eigenvalue weighted by Gasteiger charge is 2.30. The van der Waals surface area contributed by atoms with Gasteiger partial charge in [0.15, 0.2) is 5.82 Å². The predicted octanol–water partition coefficient (Wildman–Crippen LogP) is 4.34. The summed E-state index contributed by atoms with van der Waals surface area (Å²) in [6, 6.07) is 11.7. The third kappa shape index (κ3) is 4.04. The van der Waals surface area contributed by atoms with Gasteiger partial charge in [-0.25, -0.2) is 14.3 Å². The summed E-state index contributed by atoms with van der Waals surface area (Å²) in [7, 11) is 0. The van der Waals surface area contributed by atoms with Crippen molar-refractivity contribution in [3.8, 4) is 11.5 Å². The molecule has 3 aromatic heterocycles. The Bertz CT molecular complexity index is 1240. The number of carbonyl (C=O) groups is 1. The van der Waals surface area contributed by atoms with E-state index in [0.29, 0.717) is 22.8 Å². The molecule has 0 aliphatic carbocycles. The van der Waals surface area contributed by atoms with Gasteiger partial charge in [-0.1, -0.05) is 12.1 Å². The van der Waals surface area contributed by atoms with Crippen molar-refractivity contribution in [2.45, 2.75) is 20.0 Å². The molecule has 1 amide bonds. The first-order chi connectivity index (χ1) is 14.7. The van der Waals surface area contributed by atoms with E-state index in [9.17, 15) is 18.0 Å². The van der Waals surface area contributed by atoms with Crippen LogP contribution in [0.3, 0.4) is 0 Å². The summed E-state index contributed by atoms with van der Waals surface area (Å²) < 4.78 is 42.1. The van der Waals surface area contributed by atoms with Gasteiger partial charge in [0.1, 0.15) is 5.82 Å². The molecule has 1 aromatic carbocycles. The van der Waals surface area contributed by atoms with Crippen LogP contribution < -0.4 is 5.32 Å². The minimum Gasteiger partial charge on any atom is -0.306 e. The Balaban J connectivity index is 1.65. The van der Waals surface area contributed by atoms with E-state index in [0.717, 1.165) is 12.1 Å². The Labute approximate surface area is 175 Å². The fourth-order valence-corrected chi connectivity index (χ4v) is 3.13. The standard InChI is InChI=1S/C21H17F3N6O/c1-13-10-19(30(28-13)16-7-5-6-15(11-16)21(22,23)24)27-20(31)17-12-26-29(14(17)2)18-8-3-4-9-25-18/h3-12H,1-2H3,(H,27,31). The molecule has 1 N–H and O–H groups in total. The predicted molar refractivity (Wildman–Crippen MR) is 107 cm³/mol. The van der Waals surface area contributed by atoms with E-state index in [-0.39, 0.29) is 11.5 Å². The summed E-state index contributed by atoms with van der Waals surface area (Å²) >= 11 is 0. The lowest BCUT2D eigenvalue weighted by Gasteiger charge is -2.12. The van der Waals surface area contributed by atoms with Crippen LogP contribution in [0, 0.1) is 13.8 Å². The Morgan fingerprint density at radius 2 is 1.84 bits per heavy atom. The second-order valence-electron chi connectivity index (χ2n) is 6.83. The molecule has 4 rings (SSSR count). The van der Waals surface area contributed by atoms with Crippen LogP contribution in [0.4, 0.5) is 19.0 Å². The van der Waals surface area contributed by atoms with E-state index in [1.165, 1.54) is 27.7 Å². The van der Waals surface area contributed by atoms with Gasteiger partial charge in [-0.3, -0.25) is 4.79 Å². The molecule has 0 radical (unpaired) electrons. The lowest BCUT2D eigenvalue weighted by Crippen LogP contribution is -2.16. The van der Waals surface area contributed by atoms with Crippen molar-refractivity contribution in [2.24, 2.45) is 0 Å². The summed E-state index contributed by atoms with van der Waals surface area (Å²) in [5.41, 5.74) is 0.786. The van der Waals surface area contributed by atoms with Gasteiger partial charge in [0.25, 0.3) is 5.91 Å². The first-order valence-corrected chi connectivity index (χ1v) is 9.26. The van der Waals surface area contributed by atoms with E-state index in [2.05, 4.69) is 20.5 Å². The van der Waals surface area contributed by atoms with Gasteiger partial charge in [-0.05, 0) is 44.2 Å². The molecule has 0 aliphatic heterocycles. The van der Waals surface area contributed by atoms with Gasteiger partial charge < -0.3 is 5.32 Å². The van der Waals surface area contributed by atoms with Gasteiger partial charge in [0, 0.05) is 12.3 Å². The first kappa shape index (κ1) is 20.3. The normalized spacial score (nSPS) is 11.5. The van der Waals surface area contributed by atoms with Crippen molar-refractivity contribution in [1.29, 1.82) is 0 Å². The summed E-state index contributed by atoms with van der Waals surface area (Å²) in [6.07, 6.45) is -1.46. The number of anilines is 1. The lowest BCUT2D eigenvalue weighted by molar-refractivity contribution is -0.137. The Morgan fingerprint density at radius 1 is 1.03 bits per heavy atom. The molecule has 0 spiro atoms. The van der Waals surface area contributed by atoms with Crippen LogP contribution >= 0.6 is 0 Å². The Hall–Kier alpha value is -3.95. The Kier molecular flexibility index (Phi) is 5.05. The average Bonchev–Trinajstić information content (AvgIpc) is 3.30. The minimum atomic E-state index is -4.49. The SMILES string of the molecule is Cc1cc(NC(=O)c2cnn(-c3ccccn3)c2C)n(-c2cccc(C(F)(F)F)c2)n1. The summed E-state index contributed by atoms with van der Waals surface area (Å²) in [6.45, 7) is 3.41. The number of carbonyl (C=O) groups excluding carboxylic acids is 1. The van der Waals surface area contributed by atoms with Gasteiger partial charge in [0.2, 0.25) is 0 Å². The number of hydrogen-bond donors (Lipinski definition) is 1. The topological polar surface area (TPSA) is 77.6 Å². The van der Waals surface area contributed by atoms with Crippen LogP contribution in [0.5, 0.6) is 0 Å². The van der Waals surface area contributed by atoms with E-state index in [4.69, 9.17) is 0 Å². The number of aromatic nitrogens is 5. The van der Waals surface area contributed by atoms with Gasteiger partial charge in [-0.15, -0.1) is 0 Å². The monoisotopic (exact) mass is 426 g/mol. The fourth-order valence-electron chi connectivity index (χ4n) is 3.13. The van der Waals surface area contributed by atoms with Crippen LogP contribution in [-0.4, -0.2) is 30.5 Å². The molecule has 0 atom stereocenters. The van der Waals surface area contributed by atoms with E-state index in [1.54, 1.807) is 44.3 Å². The number of nitrogens with one attached hydrogen (secondary N) is 1. The maximum atomic E-state index is 13.1. The number of hydrogen-bond acceptors (Lipinski definition) is 4. The quantitative estimate of drug-likeness (QED) is 0.527. The number of rotatable bonds is 4. The van der Waals surface area contributed by atoms with Crippen LogP contribution in [0.25, 0.3) is 11.5 Å². The number of nitrogens with zero attached hydrogens (tertiary/aromatic N) is 5. The molecule has 10 heteroatoms. The van der Waals surface area contributed by atoms with Gasteiger partial charge >= 0.3 is 6.18 Å². The zero-order valence-electron chi connectivity index (χ0n) is 16.6. The van der Waals surface area contributed by atoms with Crippen LogP contribution in [0.2, 0.25) is 0 Å². The molecular formula is C21H17F3N6O. The van der Waals surface area contributed by atoms with Crippen molar-refractivity contribution in [1.82, 2.24) is 24.5 Å². The fraction of sp³-hybridized carbons (Fsp3) is 0.143. The maximum absolute atomic E-state index is 13.1. The molecule has 31 heavy (non-hydrogen) atoms. The van der Waals surface area contributed by atoms with Gasteiger partial charge in [0.05, 0.1) is 34.4 Å². The highest BCUT2D eigenvalue weighted by Crippen LogP contribution is 2.31. The molecule has 158 valence electrons. The largest absolute Gasteiger partial charge is 0.416 e. The molecule has 4 aromatic rings. The average molecular weight is 426 g/mol. The molecular weight excluding hydrogens is 409 g/mol. The van der Waals surface area contributed by atoms with E-state index >= 15 is 0 Å². The Morgan fingerprint density at radius 3 is 2.55 bits per heavy atom. The third-order valence-corrected chi connectivity index (χ3v) is 4.61. The molecule has 0 bridgehead atoms. The number of alkyl halides is 3. The summed E-state index contributed by atoms with van der Waals surface area (Å²) in [5.74, 6) is 0.337. The van der Waals surface area contributed by atoms with E-state index < -0.39 is 17.6 Å². The molecule has 7 nitrogen and oxygen atoms in total. The van der Waals surface area contributed by atoms with Crippen molar-refractivity contribution < 1.29 is 18.0 Å². The molecule has 0 saturated carbocycles. The van der Waals surface area contributed by atoms with Crippen LogP contribution in [0.1, 0.15) is 27.3 Å². The van der Waals surface area contributed by atoms with E-state index in [1.807, 2.05) is 0 Å². The number of pyridine rings is 1. The summed E-state index contributed by atoms with van der Waals surface area (Å²) in [5, 5.41) is 11.2. The van der Waals surface area contributed by atoms with Crippen molar-refractivity contribution >= 4 is 11.7 Å². The number of amides is 1. The maximum Gasteiger partial charge on any atom is 0.416 e. The van der Waals surface area contributed by atoms with Gasteiger partial charge in [-0.2, -0.15) is 23.4 Å². The number of benzene rings is 1. The smallest absolute Gasteiger partial charge is 0.306 e.